The summed E-state index contributed by atoms with van der Waals surface area (Å²) < 4.78 is 6.08. The highest BCUT2D eigenvalue weighted by Gasteiger charge is 2.33. The van der Waals surface area contributed by atoms with E-state index in [1.54, 1.807) is 5.56 Å². The topological polar surface area (TPSA) is 21.3 Å². The van der Waals surface area contributed by atoms with Crippen molar-refractivity contribution in [3.8, 4) is 0 Å². The molecule has 1 N–H and O–H groups in total. The molecule has 1 fully saturated rings. The summed E-state index contributed by atoms with van der Waals surface area (Å²) in [4.78, 5) is 0. The molecule has 1 aromatic carbocycles. The van der Waals surface area contributed by atoms with Crippen molar-refractivity contribution in [2.24, 2.45) is 5.92 Å². The summed E-state index contributed by atoms with van der Waals surface area (Å²) in [6, 6.07) is 9.52. The van der Waals surface area contributed by atoms with Crippen molar-refractivity contribution >= 4 is 0 Å². The first-order chi connectivity index (χ1) is 10.3. The number of ether oxygens (including phenoxy) is 1. The smallest absolute Gasteiger partial charge is 0.0583 e. The number of benzene rings is 1. The SMILES string of the molecule is CCCNC1c2ccccc2CCC1CC1CCC(C)O1. The molecular weight excluding hydrogens is 258 g/mol. The Kier molecular flexibility index (Phi) is 4.97. The summed E-state index contributed by atoms with van der Waals surface area (Å²) in [5.74, 6) is 0.724. The van der Waals surface area contributed by atoms with Gasteiger partial charge in [0.15, 0.2) is 0 Å². The lowest BCUT2D eigenvalue weighted by Crippen LogP contribution is -2.34. The molecule has 1 saturated heterocycles. The Hall–Kier alpha value is -0.860. The van der Waals surface area contributed by atoms with E-state index in [0.29, 0.717) is 18.2 Å². The molecule has 1 aliphatic carbocycles. The van der Waals surface area contributed by atoms with Gasteiger partial charge in [-0.15, -0.1) is 0 Å². The van der Waals surface area contributed by atoms with Crippen molar-refractivity contribution in [2.75, 3.05) is 6.54 Å². The van der Waals surface area contributed by atoms with Gasteiger partial charge in [-0.1, -0.05) is 31.2 Å². The molecule has 1 aliphatic heterocycles. The van der Waals surface area contributed by atoms with Gasteiger partial charge in [0, 0.05) is 6.04 Å². The second-order valence-electron chi connectivity index (χ2n) is 6.81. The fourth-order valence-corrected chi connectivity index (χ4v) is 4.05. The van der Waals surface area contributed by atoms with E-state index in [9.17, 15) is 0 Å². The number of fused-ring (bicyclic) bond motifs is 1. The molecule has 3 rings (SSSR count). The molecule has 0 bridgehead atoms. The molecular formula is C19H29NO. The maximum atomic E-state index is 6.08. The molecule has 2 heteroatoms. The summed E-state index contributed by atoms with van der Waals surface area (Å²) >= 11 is 0. The summed E-state index contributed by atoms with van der Waals surface area (Å²) in [6.45, 7) is 5.57. The van der Waals surface area contributed by atoms with Crippen LogP contribution in [0.25, 0.3) is 0 Å². The van der Waals surface area contributed by atoms with Gasteiger partial charge < -0.3 is 10.1 Å². The molecule has 0 spiro atoms. The van der Waals surface area contributed by atoms with Crippen molar-refractivity contribution in [1.29, 1.82) is 0 Å². The van der Waals surface area contributed by atoms with Crippen molar-refractivity contribution < 1.29 is 4.74 Å². The van der Waals surface area contributed by atoms with Gasteiger partial charge in [-0.2, -0.15) is 0 Å². The van der Waals surface area contributed by atoms with Crippen LogP contribution in [-0.2, 0) is 11.2 Å². The van der Waals surface area contributed by atoms with Gasteiger partial charge in [0.2, 0.25) is 0 Å². The highest BCUT2D eigenvalue weighted by atomic mass is 16.5. The van der Waals surface area contributed by atoms with Crippen LogP contribution < -0.4 is 5.32 Å². The quantitative estimate of drug-likeness (QED) is 0.874. The van der Waals surface area contributed by atoms with Gasteiger partial charge in [0.25, 0.3) is 0 Å². The highest BCUT2D eigenvalue weighted by Crippen LogP contribution is 2.39. The molecule has 1 heterocycles. The molecule has 0 amide bonds. The number of hydrogen-bond acceptors (Lipinski definition) is 2. The van der Waals surface area contributed by atoms with Crippen LogP contribution in [0, 0.1) is 5.92 Å². The third-order valence-corrected chi connectivity index (χ3v) is 5.15. The zero-order chi connectivity index (χ0) is 14.7. The minimum absolute atomic E-state index is 0.466. The van der Waals surface area contributed by atoms with E-state index in [2.05, 4.69) is 43.4 Å². The van der Waals surface area contributed by atoms with E-state index < -0.39 is 0 Å². The van der Waals surface area contributed by atoms with E-state index in [0.717, 1.165) is 12.5 Å². The summed E-state index contributed by atoms with van der Waals surface area (Å²) in [6.07, 6.45) is 8.39. The fourth-order valence-electron chi connectivity index (χ4n) is 4.05. The van der Waals surface area contributed by atoms with Gasteiger partial charge in [-0.25, -0.2) is 0 Å². The number of aryl methyl sites for hydroxylation is 1. The van der Waals surface area contributed by atoms with Crippen LogP contribution in [0.2, 0.25) is 0 Å². The predicted octanol–water partition coefficient (Wildman–Crippen LogP) is 4.25. The first kappa shape index (κ1) is 15.1. The maximum Gasteiger partial charge on any atom is 0.0583 e. The molecule has 1 aromatic rings. The minimum atomic E-state index is 0.466. The zero-order valence-electron chi connectivity index (χ0n) is 13.5. The molecule has 2 nitrogen and oxygen atoms in total. The van der Waals surface area contributed by atoms with E-state index in [1.807, 2.05) is 0 Å². The number of nitrogens with one attached hydrogen (secondary N) is 1. The van der Waals surface area contributed by atoms with E-state index >= 15 is 0 Å². The molecule has 116 valence electrons. The van der Waals surface area contributed by atoms with Crippen LogP contribution in [0.4, 0.5) is 0 Å². The van der Waals surface area contributed by atoms with Crippen LogP contribution in [0.5, 0.6) is 0 Å². The molecule has 4 unspecified atom stereocenters. The van der Waals surface area contributed by atoms with Crippen LogP contribution in [0.1, 0.15) is 63.1 Å². The van der Waals surface area contributed by atoms with Gasteiger partial charge in [0.05, 0.1) is 12.2 Å². The van der Waals surface area contributed by atoms with Gasteiger partial charge >= 0.3 is 0 Å². The van der Waals surface area contributed by atoms with Gasteiger partial charge in [-0.05, 0) is 69.0 Å². The Balaban J connectivity index is 1.73. The molecule has 0 saturated carbocycles. The average Bonchev–Trinajstić information content (AvgIpc) is 2.91. The third kappa shape index (κ3) is 3.49. The van der Waals surface area contributed by atoms with Crippen molar-refractivity contribution in [3.05, 3.63) is 35.4 Å². The molecule has 4 atom stereocenters. The molecule has 21 heavy (non-hydrogen) atoms. The first-order valence-electron chi connectivity index (χ1n) is 8.74. The average molecular weight is 287 g/mol. The largest absolute Gasteiger partial charge is 0.375 e. The minimum Gasteiger partial charge on any atom is -0.375 e. The molecule has 0 radical (unpaired) electrons. The molecule has 2 aliphatic rings. The normalized spacial score (nSPS) is 32.1. The van der Waals surface area contributed by atoms with E-state index in [4.69, 9.17) is 4.74 Å². The van der Waals surface area contributed by atoms with Crippen LogP contribution >= 0.6 is 0 Å². The van der Waals surface area contributed by atoms with Crippen molar-refractivity contribution in [2.45, 2.75) is 70.6 Å². The lowest BCUT2D eigenvalue weighted by molar-refractivity contribution is 0.0346. The van der Waals surface area contributed by atoms with Crippen LogP contribution in [0.3, 0.4) is 0 Å². The standard InChI is InChI=1S/C19H29NO/c1-3-12-20-19-16(13-17-11-8-14(2)21-17)10-9-15-6-4-5-7-18(15)19/h4-7,14,16-17,19-20H,3,8-13H2,1-2H3. The zero-order valence-corrected chi connectivity index (χ0v) is 13.5. The summed E-state index contributed by atoms with van der Waals surface area (Å²) in [5, 5.41) is 3.81. The van der Waals surface area contributed by atoms with Gasteiger partial charge in [-0.3, -0.25) is 0 Å². The maximum absolute atomic E-state index is 6.08. The Morgan fingerprint density at radius 3 is 2.81 bits per heavy atom. The van der Waals surface area contributed by atoms with Crippen molar-refractivity contribution in [3.63, 3.8) is 0 Å². The Morgan fingerprint density at radius 1 is 1.19 bits per heavy atom. The third-order valence-electron chi connectivity index (χ3n) is 5.15. The van der Waals surface area contributed by atoms with E-state index in [-0.39, 0.29) is 0 Å². The summed E-state index contributed by atoms with van der Waals surface area (Å²) in [5.41, 5.74) is 3.08. The predicted molar refractivity (Wildman–Crippen MR) is 87.5 cm³/mol. The highest BCUT2D eigenvalue weighted by molar-refractivity contribution is 5.33. The van der Waals surface area contributed by atoms with Crippen LogP contribution in [0.15, 0.2) is 24.3 Å². The number of hydrogen-bond donors (Lipinski definition) is 1. The lowest BCUT2D eigenvalue weighted by atomic mass is 9.77. The first-order valence-corrected chi connectivity index (χ1v) is 8.74. The Labute approximate surface area is 129 Å². The Morgan fingerprint density at radius 2 is 2.05 bits per heavy atom. The summed E-state index contributed by atoms with van der Waals surface area (Å²) in [7, 11) is 0. The second kappa shape index (κ2) is 6.93. The Bertz CT molecular complexity index is 459. The monoisotopic (exact) mass is 287 g/mol. The number of rotatable bonds is 5. The second-order valence-corrected chi connectivity index (χ2v) is 6.81. The molecule has 0 aromatic heterocycles. The lowest BCUT2D eigenvalue weighted by Gasteiger charge is -2.35. The van der Waals surface area contributed by atoms with E-state index in [1.165, 1.54) is 44.1 Å². The van der Waals surface area contributed by atoms with Crippen molar-refractivity contribution in [1.82, 2.24) is 5.32 Å². The van der Waals surface area contributed by atoms with Gasteiger partial charge in [0.1, 0.15) is 0 Å². The van der Waals surface area contributed by atoms with Crippen LogP contribution in [-0.4, -0.2) is 18.8 Å². The fraction of sp³-hybridized carbons (Fsp3) is 0.684.